The first-order valence-corrected chi connectivity index (χ1v) is 8.44. The van der Waals surface area contributed by atoms with E-state index in [9.17, 15) is 4.79 Å². The van der Waals surface area contributed by atoms with Crippen LogP contribution in [0, 0.1) is 0 Å². The van der Waals surface area contributed by atoms with Crippen LogP contribution in [0.1, 0.15) is 10.4 Å². The smallest absolute Gasteiger partial charge is 0.260 e. The lowest BCUT2D eigenvalue weighted by molar-refractivity contribution is 0.0858. The van der Waals surface area contributed by atoms with Crippen LogP contribution in [0.15, 0.2) is 58.1 Å². The van der Waals surface area contributed by atoms with E-state index in [-0.39, 0.29) is 5.91 Å². The first kappa shape index (κ1) is 16.0. The normalized spacial score (nSPS) is 14.0. The Hall–Kier alpha value is -2.50. The highest BCUT2D eigenvalue weighted by Gasteiger charge is 2.26. The maximum Gasteiger partial charge on any atom is 0.260 e. The molecule has 0 fully saturated rings. The van der Waals surface area contributed by atoms with Crippen molar-refractivity contribution in [2.45, 2.75) is 0 Å². The van der Waals surface area contributed by atoms with Crippen molar-refractivity contribution in [1.29, 1.82) is 0 Å². The van der Waals surface area contributed by atoms with Gasteiger partial charge in [0.05, 0.1) is 28.5 Å². The van der Waals surface area contributed by atoms with Gasteiger partial charge >= 0.3 is 0 Å². The van der Waals surface area contributed by atoms with Gasteiger partial charge in [-0.15, -0.1) is 0 Å². The number of nitrogens with one attached hydrogen (secondary N) is 1. The number of hydrogen-bond acceptors (Lipinski definition) is 4. The van der Waals surface area contributed by atoms with Crippen molar-refractivity contribution in [2.75, 3.05) is 18.4 Å². The van der Waals surface area contributed by atoms with Gasteiger partial charge in [0.1, 0.15) is 5.58 Å². The lowest BCUT2D eigenvalue weighted by atomic mass is 10.1. The van der Waals surface area contributed by atoms with Crippen LogP contribution in [-0.2, 0) is 0 Å². The summed E-state index contributed by atoms with van der Waals surface area (Å²) in [5, 5.41) is 4.90. The van der Waals surface area contributed by atoms with Gasteiger partial charge in [-0.1, -0.05) is 29.3 Å². The second-order valence-corrected chi connectivity index (χ2v) is 6.37. The van der Waals surface area contributed by atoms with E-state index in [4.69, 9.17) is 27.6 Å². The highest BCUT2D eigenvalue weighted by Crippen LogP contribution is 2.30. The third kappa shape index (κ3) is 2.97. The molecule has 0 saturated heterocycles. The highest BCUT2D eigenvalue weighted by molar-refractivity contribution is 6.40. The van der Waals surface area contributed by atoms with Crippen molar-refractivity contribution in [3.05, 3.63) is 64.3 Å². The quantitative estimate of drug-likeness (QED) is 0.710. The molecule has 0 spiro atoms. The number of hydrogen-bond donors (Lipinski definition) is 1. The molecule has 0 unspecified atom stereocenters. The van der Waals surface area contributed by atoms with Gasteiger partial charge in [-0.05, 0) is 36.4 Å². The summed E-state index contributed by atoms with van der Waals surface area (Å²) >= 11 is 12.4. The molecular formula is C18H13Cl2N3O2. The van der Waals surface area contributed by atoms with Crippen LogP contribution in [-0.4, -0.2) is 29.9 Å². The Bertz CT molecular complexity index is 977. The lowest BCUT2D eigenvalue weighted by Gasteiger charge is -2.20. The summed E-state index contributed by atoms with van der Waals surface area (Å²) in [5.41, 5.74) is 1.85. The van der Waals surface area contributed by atoms with Gasteiger partial charge in [0.2, 0.25) is 5.96 Å². The number of guanidine groups is 1. The maximum absolute atomic E-state index is 12.9. The lowest BCUT2D eigenvalue weighted by Crippen LogP contribution is -2.38. The number of fused-ring (bicyclic) bond motifs is 1. The second kappa shape index (κ2) is 6.43. The minimum absolute atomic E-state index is 0.143. The van der Waals surface area contributed by atoms with Gasteiger partial charge in [0.15, 0.2) is 0 Å². The number of anilines is 1. The third-order valence-electron chi connectivity index (χ3n) is 3.98. The third-order valence-corrected chi connectivity index (χ3v) is 4.61. The molecule has 0 saturated carbocycles. The molecule has 1 aliphatic heterocycles. The average Bonchev–Trinajstić information content (AvgIpc) is 3.26. The van der Waals surface area contributed by atoms with Crippen molar-refractivity contribution >= 4 is 51.7 Å². The van der Waals surface area contributed by atoms with E-state index < -0.39 is 0 Å². The van der Waals surface area contributed by atoms with Gasteiger partial charge in [0, 0.05) is 17.5 Å². The van der Waals surface area contributed by atoms with E-state index in [1.807, 2.05) is 6.07 Å². The molecule has 1 amide bonds. The number of furan rings is 1. The molecule has 2 aromatic carbocycles. The molecule has 0 bridgehead atoms. The SMILES string of the molecule is O=C(c1ccc2occc2c1)N1CCN=C1Nc1c(Cl)cccc1Cl. The van der Waals surface area contributed by atoms with Gasteiger partial charge in [-0.2, -0.15) is 0 Å². The number of nitrogens with zero attached hydrogens (tertiary/aromatic N) is 2. The van der Waals surface area contributed by atoms with Crippen molar-refractivity contribution in [2.24, 2.45) is 4.99 Å². The van der Waals surface area contributed by atoms with Gasteiger partial charge in [-0.3, -0.25) is 14.7 Å². The fraction of sp³-hybridized carbons (Fsp3) is 0.111. The second-order valence-electron chi connectivity index (χ2n) is 5.56. The number of rotatable bonds is 2. The standard InChI is InChI=1S/C18H13Cl2N3O2/c19-13-2-1-3-14(20)16(13)22-18-21-7-8-23(18)17(24)12-4-5-15-11(10-12)6-9-25-15/h1-6,9-10H,7-8H2,(H,21,22). The first-order valence-electron chi connectivity index (χ1n) is 7.68. The molecule has 2 heterocycles. The Labute approximate surface area is 153 Å². The van der Waals surface area contributed by atoms with Crippen LogP contribution in [0.4, 0.5) is 5.69 Å². The molecule has 0 aliphatic carbocycles. The Morgan fingerprint density at radius 1 is 1.16 bits per heavy atom. The van der Waals surface area contributed by atoms with E-state index >= 15 is 0 Å². The molecule has 25 heavy (non-hydrogen) atoms. The predicted octanol–water partition coefficient (Wildman–Crippen LogP) is 4.66. The molecule has 3 aromatic rings. The Kier molecular flexibility index (Phi) is 4.11. The summed E-state index contributed by atoms with van der Waals surface area (Å²) in [7, 11) is 0. The molecule has 126 valence electrons. The molecule has 1 aliphatic rings. The van der Waals surface area contributed by atoms with E-state index in [0.717, 1.165) is 11.0 Å². The predicted molar refractivity (Wildman–Crippen MR) is 99.6 cm³/mol. The van der Waals surface area contributed by atoms with Crippen LogP contribution in [0.5, 0.6) is 0 Å². The number of carbonyl (C=O) groups is 1. The molecular weight excluding hydrogens is 361 g/mol. The fourth-order valence-electron chi connectivity index (χ4n) is 2.74. The summed E-state index contributed by atoms with van der Waals surface area (Å²) in [6.45, 7) is 1.01. The van der Waals surface area contributed by atoms with E-state index in [2.05, 4.69) is 10.3 Å². The van der Waals surface area contributed by atoms with Gasteiger partial charge in [0.25, 0.3) is 5.91 Å². The Morgan fingerprint density at radius 3 is 2.76 bits per heavy atom. The van der Waals surface area contributed by atoms with Crippen LogP contribution in [0.25, 0.3) is 11.0 Å². The summed E-state index contributed by atoms with van der Waals surface area (Å²) < 4.78 is 5.31. The topological polar surface area (TPSA) is 57.8 Å². The van der Waals surface area contributed by atoms with Crippen molar-refractivity contribution in [3.63, 3.8) is 0 Å². The Balaban J connectivity index is 1.61. The van der Waals surface area contributed by atoms with Crippen LogP contribution in [0.3, 0.4) is 0 Å². The van der Waals surface area contributed by atoms with Gasteiger partial charge in [-0.25, -0.2) is 0 Å². The molecule has 7 heteroatoms. The zero-order chi connectivity index (χ0) is 17.4. The number of halogens is 2. The zero-order valence-corrected chi connectivity index (χ0v) is 14.5. The summed E-state index contributed by atoms with van der Waals surface area (Å²) in [6.07, 6.45) is 1.60. The van der Waals surface area contributed by atoms with Crippen LogP contribution < -0.4 is 5.32 Å². The Morgan fingerprint density at radius 2 is 1.96 bits per heavy atom. The van der Waals surface area contributed by atoms with Crippen molar-refractivity contribution in [1.82, 2.24) is 4.90 Å². The summed E-state index contributed by atoms with van der Waals surface area (Å²) in [4.78, 5) is 18.8. The molecule has 1 aromatic heterocycles. The van der Waals surface area contributed by atoms with Gasteiger partial charge < -0.3 is 9.73 Å². The molecule has 1 N–H and O–H groups in total. The van der Waals surface area contributed by atoms with E-state index in [1.54, 1.807) is 47.6 Å². The summed E-state index contributed by atoms with van der Waals surface area (Å²) in [5.74, 6) is 0.294. The number of para-hydroxylation sites is 1. The molecule has 5 nitrogen and oxygen atoms in total. The number of carbonyl (C=O) groups excluding carboxylic acids is 1. The van der Waals surface area contributed by atoms with Crippen molar-refractivity contribution in [3.8, 4) is 0 Å². The summed E-state index contributed by atoms with van der Waals surface area (Å²) in [6, 6.07) is 12.4. The number of amides is 1. The fourth-order valence-corrected chi connectivity index (χ4v) is 3.23. The number of benzene rings is 2. The maximum atomic E-state index is 12.9. The minimum Gasteiger partial charge on any atom is -0.464 e. The number of aliphatic imine (C=N–C) groups is 1. The van der Waals surface area contributed by atoms with Crippen LogP contribution in [0.2, 0.25) is 10.0 Å². The minimum atomic E-state index is -0.143. The highest BCUT2D eigenvalue weighted by atomic mass is 35.5. The molecule has 4 rings (SSSR count). The largest absolute Gasteiger partial charge is 0.464 e. The monoisotopic (exact) mass is 373 g/mol. The average molecular weight is 374 g/mol. The van der Waals surface area contributed by atoms with E-state index in [0.29, 0.717) is 40.3 Å². The zero-order valence-electron chi connectivity index (χ0n) is 13.0. The van der Waals surface area contributed by atoms with E-state index in [1.165, 1.54) is 0 Å². The molecule has 0 radical (unpaired) electrons. The van der Waals surface area contributed by atoms with Crippen molar-refractivity contribution < 1.29 is 9.21 Å². The molecule has 0 atom stereocenters. The first-order chi connectivity index (χ1) is 12.1. The van der Waals surface area contributed by atoms with Crippen LogP contribution >= 0.6 is 23.2 Å².